The molecule has 0 radical (unpaired) electrons. The molecule has 0 atom stereocenters. The van der Waals surface area contributed by atoms with Crippen molar-refractivity contribution in [2.75, 3.05) is 13.2 Å². The summed E-state index contributed by atoms with van der Waals surface area (Å²) < 4.78 is 11.2. The maximum Gasteiger partial charge on any atom is 0.137 e. The topological polar surface area (TPSA) is 18.5 Å². The number of fused-ring (bicyclic) bond motifs is 1. The minimum Gasteiger partial charge on any atom is -0.493 e. The van der Waals surface area contributed by atoms with Gasteiger partial charge in [0.2, 0.25) is 0 Å². The summed E-state index contributed by atoms with van der Waals surface area (Å²) in [5.74, 6) is 1.77. The van der Waals surface area contributed by atoms with E-state index in [1.54, 1.807) is 0 Å². The molecule has 3 heteroatoms. The molecule has 2 aromatic carbocycles. The van der Waals surface area contributed by atoms with Crippen LogP contribution >= 0.6 is 11.6 Å². The van der Waals surface area contributed by atoms with Gasteiger partial charge in [-0.2, -0.15) is 0 Å². The van der Waals surface area contributed by atoms with E-state index < -0.39 is 0 Å². The molecule has 0 N–H and O–H groups in total. The molecule has 0 aromatic heterocycles. The lowest BCUT2D eigenvalue weighted by Gasteiger charge is -2.08. The Hall–Kier alpha value is -1.67. The zero-order valence-corrected chi connectivity index (χ0v) is 11.3. The van der Waals surface area contributed by atoms with Crippen molar-refractivity contribution in [3.8, 4) is 11.5 Å². The smallest absolute Gasteiger partial charge is 0.137 e. The SMILES string of the molecule is Clc1ccccc1OCCc1ccc2c(c1)CCO2. The summed E-state index contributed by atoms with van der Waals surface area (Å²) in [6.07, 6.45) is 1.88. The summed E-state index contributed by atoms with van der Waals surface area (Å²) in [6.45, 7) is 1.43. The number of rotatable bonds is 4. The monoisotopic (exact) mass is 274 g/mol. The number of halogens is 1. The van der Waals surface area contributed by atoms with Crippen molar-refractivity contribution < 1.29 is 9.47 Å². The summed E-state index contributed by atoms with van der Waals surface area (Å²) in [5.41, 5.74) is 2.58. The molecule has 0 saturated carbocycles. The molecule has 1 aliphatic rings. The molecule has 0 aliphatic carbocycles. The predicted molar refractivity (Wildman–Crippen MR) is 76.3 cm³/mol. The second kappa shape index (κ2) is 5.54. The van der Waals surface area contributed by atoms with Crippen LogP contribution in [0.2, 0.25) is 5.02 Å². The Bertz CT molecular complexity index is 581. The van der Waals surface area contributed by atoms with Crippen molar-refractivity contribution in [3.05, 3.63) is 58.6 Å². The molecule has 0 saturated heterocycles. The largest absolute Gasteiger partial charge is 0.493 e. The van der Waals surface area contributed by atoms with Gasteiger partial charge in [-0.25, -0.2) is 0 Å². The number of para-hydroxylation sites is 1. The maximum absolute atomic E-state index is 6.04. The molecule has 3 rings (SSSR count). The van der Waals surface area contributed by atoms with Crippen molar-refractivity contribution in [1.82, 2.24) is 0 Å². The number of hydrogen-bond donors (Lipinski definition) is 0. The van der Waals surface area contributed by atoms with Crippen LogP contribution in [0.4, 0.5) is 0 Å². The highest BCUT2D eigenvalue weighted by Crippen LogP contribution is 2.26. The highest BCUT2D eigenvalue weighted by atomic mass is 35.5. The Morgan fingerprint density at radius 3 is 2.95 bits per heavy atom. The molecule has 0 fully saturated rings. The Kier molecular flexibility index (Phi) is 3.60. The summed E-state index contributed by atoms with van der Waals surface area (Å²) in [7, 11) is 0. The molecule has 98 valence electrons. The third-order valence-electron chi connectivity index (χ3n) is 3.24. The molecule has 2 aromatic rings. The van der Waals surface area contributed by atoms with Crippen molar-refractivity contribution >= 4 is 11.6 Å². The van der Waals surface area contributed by atoms with Crippen LogP contribution in [0.25, 0.3) is 0 Å². The predicted octanol–water partition coefficient (Wildman–Crippen LogP) is 3.90. The fraction of sp³-hybridized carbons (Fsp3) is 0.250. The van der Waals surface area contributed by atoms with E-state index in [4.69, 9.17) is 21.1 Å². The fourth-order valence-electron chi connectivity index (χ4n) is 2.24. The van der Waals surface area contributed by atoms with E-state index in [1.807, 2.05) is 30.3 Å². The molecule has 1 aliphatic heterocycles. The third kappa shape index (κ3) is 2.85. The van der Waals surface area contributed by atoms with Gasteiger partial charge in [0.1, 0.15) is 11.5 Å². The van der Waals surface area contributed by atoms with Gasteiger partial charge in [-0.15, -0.1) is 0 Å². The lowest BCUT2D eigenvalue weighted by atomic mass is 10.1. The fourth-order valence-corrected chi connectivity index (χ4v) is 2.43. The molecule has 0 bridgehead atoms. The van der Waals surface area contributed by atoms with E-state index in [1.165, 1.54) is 11.1 Å². The van der Waals surface area contributed by atoms with E-state index in [-0.39, 0.29) is 0 Å². The van der Waals surface area contributed by atoms with Gasteiger partial charge in [0.05, 0.1) is 18.2 Å². The Balaban J connectivity index is 1.59. The number of ether oxygens (including phenoxy) is 2. The minimum absolute atomic E-state index is 0.628. The number of hydrogen-bond acceptors (Lipinski definition) is 2. The Morgan fingerprint density at radius 2 is 2.05 bits per heavy atom. The molecular weight excluding hydrogens is 260 g/mol. The van der Waals surface area contributed by atoms with Gasteiger partial charge in [0.25, 0.3) is 0 Å². The first kappa shape index (κ1) is 12.4. The quantitative estimate of drug-likeness (QED) is 0.842. The minimum atomic E-state index is 0.628. The Labute approximate surface area is 117 Å². The van der Waals surface area contributed by atoms with Gasteiger partial charge in [0, 0.05) is 12.8 Å². The van der Waals surface area contributed by atoms with Gasteiger partial charge in [0.15, 0.2) is 0 Å². The molecule has 2 nitrogen and oxygen atoms in total. The van der Waals surface area contributed by atoms with Crippen molar-refractivity contribution in [2.24, 2.45) is 0 Å². The normalized spacial score (nSPS) is 12.9. The average molecular weight is 275 g/mol. The zero-order valence-electron chi connectivity index (χ0n) is 10.6. The summed E-state index contributed by atoms with van der Waals surface area (Å²) >= 11 is 6.04. The van der Waals surface area contributed by atoms with E-state index >= 15 is 0 Å². The molecule has 1 heterocycles. The Morgan fingerprint density at radius 1 is 1.16 bits per heavy atom. The molecule has 0 unspecified atom stereocenters. The first-order valence-corrected chi connectivity index (χ1v) is 6.83. The van der Waals surface area contributed by atoms with Gasteiger partial charge in [-0.3, -0.25) is 0 Å². The molecular formula is C16H15ClO2. The molecule has 19 heavy (non-hydrogen) atoms. The second-order valence-corrected chi connectivity index (χ2v) is 4.98. The average Bonchev–Trinajstić information content (AvgIpc) is 2.88. The van der Waals surface area contributed by atoms with E-state index in [0.29, 0.717) is 11.6 Å². The third-order valence-corrected chi connectivity index (χ3v) is 3.55. The molecule has 0 spiro atoms. The highest BCUT2D eigenvalue weighted by Gasteiger charge is 2.11. The van der Waals surface area contributed by atoms with Crippen molar-refractivity contribution in [1.29, 1.82) is 0 Å². The number of benzene rings is 2. The van der Waals surface area contributed by atoms with Crippen LogP contribution in [0.3, 0.4) is 0 Å². The van der Waals surface area contributed by atoms with Crippen LogP contribution in [0, 0.1) is 0 Å². The lowest BCUT2D eigenvalue weighted by molar-refractivity contribution is 0.322. The van der Waals surface area contributed by atoms with Crippen LogP contribution in [-0.2, 0) is 12.8 Å². The molecule has 0 amide bonds. The lowest BCUT2D eigenvalue weighted by Crippen LogP contribution is -2.01. The summed E-state index contributed by atoms with van der Waals surface area (Å²) in [5, 5.41) is 0.657. The highest BCUT2D eigenvalue weighted by molar-refractivity contribution is 6.32. The van der Waals surface area contributed by atoms with Gasteiger partial charge < -0.3 is 9.47 Å². The second-order valence-electron chi connectivity index (χ2n) is 4.57. The first-order valence-electron chi connectivity index (χ1n) is 6.45. The van der Waals surface area contributed by atoms with E-state index in [0.717, 1.165) is 30.9 Å². The van der Waals surface area contributed by atoms with Gasteiger partial charge >= 0.3 is 0 Å². The van der Waals surface area contributed by atoms with Crippen LogP contribution in [0.15, 0.2) is 42.5 Å². The first-order chi connectivity index (χ1) is 9.33. The van der Waals surface area contributed by atoms with Crippen LogP contribution in [-0.4, -0.2) is 13.2 Å². The van der Waals surface area contributed by atoms with Crippen LogP contribution in [0.5, 0.6) is 11.5 Å². The van der Waals surface area contributed by atoms with Crippen LogP contribution in [0.1, 0.15) is 11.1 Å². The maximum atomic E-state index is 6.04. The van der Waals surface area contributed by atoms with Crippen molar-refractivity contribution in [2.45, 2.75) is 12.8 Å². The standard InChI is InChI=1S/C16H15ClO2/c17-14-3-1-2-4-16(14)19-9-7-12-5-6-15-13(11-12)8-10-18-15/h1-6,11H,7-10H2. The van der Waals surface area contributed by atoms with Gasteiger partial charge in [-0.05, 0) is 29.3 Å². The summed E-state index contributed by atoms with van der Waals surface area (Å²) in [6, 6.07) is 13.9. The zero-order chi connectivity index (χ0) is 13.1. The van der Waals surface area contributed by atoms with E-state index in [2.05, 4.69) is 12.1 Å². The van der Waals surface area contributed by atoms with Crippen LogP contribution < -0.4 is 9.47 Å². The van der Waals surface area contributed by atoms with Crippen molar-refractivity contribution in [3.63, 3.8) is 0 Å². The van der Waals surface area contributed by atoms with Gasteiger partial charge in [-0.1, -0.05) is 35.9 Å². The summed E-state index contributed by atoms with van der Waals surface area (Å²) in [4.78, 5) is 0. The van der Waals surface area contributed by atoms with E-state index in [9.17, 15) is 0 Å².